The van der Waals surface area contributed by atoms with Gasteiger partial charge in [0.1, 0.15) is 12.4 Å². The van der Waals surface area contributed by atoms with E-state index in [1.165, 1.54) is 0 Å². The van der Waals surface area contributed by atoms with Crippen molar-refractivity contribution < 1.29 is 13.9 Å². The molecule has 0 aromatic heterocycles. The molecule has 0 fully saturated rings. The van der Waals surface area contributed by atoms with Gasteiger partial charge in [0.05, 0.1) is 15.7 Å². The van der Waals surface area contributed by atoms with E-state index in [2.05, 4.69) is 5.32 Å². The zero-order valence-electron chi connectivity index (χ0n) is 9.23. The summed E-state index contributed by atoms with van der Waals surface area (Å²) in [7, 11) is 0. The summed E-state index contributed by atoms with van der Waals surface area (Å²) in [6, 6.07) is 2.16. The molecule has 0 radical (unpaired) electrons. The van der Waals surface area contributed by atoms with Gasteiger partial charge in [0.25, 0.3) is 0 Å². The van der Waals surface area contributed by atoms with E-state index in [1.54, 1.807) is 0 Å². The van der Waals surface area contributed by atoms with Gasteiger partial charge in [-0.3, -0.25) is 4.79 Å². The van der Waals surface area contributed by atoms with E-state index >= 15 is 0 Å². The second kappa shape index (κ2) is 6.79. The van der Waals surface area contributed by atoms with Crippen molar-refractivity contribution in [3.05, 3.63) is 28.0 Å². The van der Waals surface area contributed by atoms with Crippen molar-refractivity contribution >= 4 is 34.8 Å². The van der Waals surface area contributed by atoms with Gasteiger partial charge in [-0.2, -0.15) is 0 Å². The predicted molar refractivity (Wildman–Crippen MR) is 66.2 cm³/mol. The zero-order chi connectivity index (χ0) is 12.8. The van der Waals surface area contributed by atoms with Gasteiger partial charge in [0.15, 0.2) is 0 Å². The minimum Gasteiger partial charge on any atom is -0.372 e. The summed E-state index contributed by atoms with van der Waals surface area (Å²) in [4.78, 5) is 11.4. The molecule has 0 aliphatic heterocycles. The Hall–Kier alpha value is -0.840. The molecule has 0 aliphatic carbocycles. The first-order valence-electron chi connectivity index (χ1n) is 5.06. The molecule has 94 valence electrons. The standard InChI is InChI=1S/C11H12Cl2FNO2/c1-2-3-17-6-10(16)15-11-8(12)4-7(14)5-9(11)13/h4-5H,2-3,6H2,1H3,(H,15,16). The number of hydrogen-bond acceptors (Lipinski definition) is 2. The smallest absolute Gasteiger partial charge is 0.250 e. The molecule has 1 aromatic rings. The van der Waals surface area contributed by atoms with Crippen LogP contribution in [0.5, 0.6) is 0 Å². The van der Waals surface area contributed by atoms with Crippen molar-refractivity contribution in [3.63, 3.8) is 0 Å². The highest BCUT2D eigenvalue weighted by Gasteiger charge is 2.11. The van der Waals surface area contributed by atoms with Crippen LogP contribution in [0.1, 0.15) is 13.3 Å². The van der Waals surface area contributed by atoms with Gasteiger partial charge < -0.3 is 10.1 Å². The van der Waals surface area contributed by atoms with Gasteiger partial charge in [0.2, 0.25) is 5.91 Å². The molecule has 0 spiro atoms. The summed E-state index contributed by atoms with van der Waals surface area (Å²) in [6.45, 7) is 2.35. The van der Waals surface area contributed by atoms with Crippen LogP contribution >= 0.6 is 23.2 Å². The summed E-state index contributed by atoms with van der Waals surface area (Å²) in [5, 5.41) is 2.58. The van der Waals surface area contributed by atoms with Crippen LogP contribution in [0, 0.1) is 5.82 Å². The molecular weight excluding hydrogens is 268 g/mol. The third-order valence-corrected chi connectivity index (χ3v) is 2.45. The number of ether oxygens (including phenoxy) is 1. The maximum Gasteiger partial charge on any atom is 0.250 e. The van der Waals surface area contributed by atoms with Gasteiger partial charge in [-0.15, -0.1) is 0 Å². The Morgan fingerprint density at radius 2 is 2.00 bits per heavy atom. The maximum absolute atomic E-state index is 12.9. The van der Waals surface area contributed by atoms with Crippen molar-refractivity contribution in [1.29, 1.82) is 0 Å². The number of anilines is 1. The number of rotatable bonds is 5. The van der Waals surface area contributed by atoms with Crippen LogP contribution in [0.2, 0.25) is 10.0 Å². The van der Waals surface area contributed by atoms with Crippen LogP contribution in [0.4, 0.5) is 10.1 Å². The van der Waals surface area contributed by atoms with Gasteiger partial charge in [-0.05, 0) is 18.6 Å². The fourth-order valence-electron chi connectivity index (χ4n) is 1.15. The number of hydrogen-bond donors (Lipinski definition) is 1. The molecule has 1 aromatic carbocycles. The molecule has 1 amide bonds. The number of halogens is 3. The molecule has 1 rings (SSSR count). The summed E-state index contributed by atoms with van der Waals surface area (Å²) in [6.07, 6.45) is 0.825. The first kappa shape index (κ1) is 14.2. The van der Waals surface area contributed by atoms with E-state index in [1.807, 2.05) is 6.92 Å². The lowest BCUT2D eigenvalue weighted by atomic mass is 10.3. The molecule has 1 N–H and O–H groups in total. The number of carbonyl (C=O) groups is 1. The van der Waals surface area contributed by atoms with Crippen molar-refractivity contribution in [2.24, 2.45) is 0 Å². The molecule has 17 heavy (non-hydrogen) atoms. The number of carbonyl (C=O) groups excluding carboxylic acids is 1. The quantitative estimate of drug-likeness (QED) is 0.838. The largest absolute Gasteiger partial charge is 0.372 e. The van der Waals surface area contributed by atoms with Crippen molar-refractivity contribution in [2.75, 3.05) is 18.5 Å². The van der Waals surface area contributed by atoms with Gasteiger partial charge in [-0.1, -0.05) is 30.1 Å². The molecule has 0 saturated heterocycles. The summed E-state index contributed by atoms with van der Waals surface area (Å²) in [5.41, 5.74) is 0.194. The summed E-state index contributed by atoms with van der Waals surface area (Å²) >= 11 is 11.5. The lowest BCUT2D eigenvalue weighted by molar-refractivity contribution is -0.120. The first-order valence-corrected chi connectivity index (χ1v) is 5.82. The van der Waals surface area contributed by atoms with Crippen molar-refractivity contribution in [1.82, 2.24) is 0 Å². The average molecular weight is 280 g/mol. The van der Waals surface area contributed by atoms with Crippen LogP contribution in [-0.4, -0.2) is 19.1 Å². The Kier molecular flexibility index (Phi) is 5.68. The highest BCUT2D eigenvalue weighted by Crippen LogP contribution is 2.31. The number of benzene rings is 1. The molecule has 3 nitrogen and oxygen atoms in total. The summed E-state index contributed by atoms with van der Waals surface area (Å²) < 4.78 is 17.9. The normalized spacial score (nSPS) is 10.4. The highest BCUT2D eigenvalue weighted by atomic mass is 35.5. The molecular formula is C11H12Cl2FNO2. The Morgan fingerprint density at radius 1 is 1.41 bits per heavy atom. The topological polar surface area (TPSA) is 38.3 Å². The van der Waals surface area contributed by atoms with Crippen molar-refractivity contribution in [3.8, 4) is 0 Å². The fourth-order valence-corrected chi connectivity index (χ4v) is 1.70. The third kappa shape index (κ3) is 4.50. The maximum atomic E-state index is 12.9. The zero-order valence-corrected chi connectivity index (χ0v) is 10.7. The van der Waals surface area contributed by atoms with Crippen LogP contribution in [0.3, 0.4) is 0 Å². The minimum absolute atomic E-state index is 0.0545. The van der Waals surface area contributed by atoms with Crippen LogP contribution in [0.25, 0.3) is 0 Å². The predicted octanol–water partition coefficient (Wildman–Crippen LogP) is 3.50. The molecule has 0 saturated carbocycles. The van der Waals surface area contributed by atoms with Crippen LogP contribution in [0.15, 0.2) is 12.1 Å². The third-order valence-electron chi connectivity index (χ3n) is 1.85. The summed E-state index contributed by atoms with van der Waals surface area (Å²) in [5.74, 6) is -0.936. The fraction of sp³-hybridized carbons (Fsp3) is 0.364. The second-order valence-corrected chi connectivity index (χ2v) is 4.16. The lowest BCUT2D eigenvalue weighted by Crippen LogP contribution is -2.19. The highest BCUT2D eigenvalue weighted by molar-refractivity contribution is 6.39. The first-order chi connectivity index (χ1) is 8.04. The Balaban J connectivity index is 2.65. The Bertz CT molecular complexity index is 389. The van der Waals surface area contributed by atoms with E-state index in [-0.39, 0.29) is 28.2 Å². The SMILES string of the molecule is CCCOCC(=O)Nc1c(Cl)cc(F)cc1Cl. The molecule has 0 aliphatic rings. The van der Waals surface area contributed by atoms with Gasteiger partial charge >= 0.3 is 0 Å². The van der Waals surface area contributed by atoms with Gasteiger partial charge in [-0.25, -0.2) is 4.39 Å². The monoisotopic (exact) mass is 279 g/mol. The van der Waals surface area contributed by atoms with Crippen LogP contribution < -0.4 is 5.32 Å². The van der Waals surface area contributed by atoms with E-state index in [9.17, 15) is 9.18 Å². The minimum atomic E-state index is -0.555. The van der Waals surface area contributed by atoms with Crippen LogP contribution in [-0.2, 0) is 9.53 Å². The molecule has 0 unspecified atom stereocenters. The number of amides is 1. The molecule has 6 heteroatoms. The molecule has 0 bridgehead atoms. The lowest BCUT2D eigenvalue weighted by Gasteiger charge is -2.09. The van der Waals surface area contributed by atoms with E-state index in [0.29, 0.717) is 6.61 Å². The molecule has 0 atom stereocenters. The van der Waals surface area contributed by atoms with Crippen molar-refractivity contribution in [2.45, 2.75) is 13.3 Å². The Labute approximate surface area is 109 Å². The average Bonchev–Trinajstić information content (AvgIpc) is 2.24. The van der Waals surface area contributed by atoms with E-state index < -0.39 is 5.82 Å². The molecule has 0 heterocycles. The number of nitrogens with one attached hydrogen (secondary N) is 1. The van der Waals surface area contributed by atoms with E-state index in [4.69, 9.17) is 27.9 Å². The van der Waals surface area contributed by atoms with E-state index in [0.717, 1.165) is 18.6 Å². The Morgan fingerprint density at radius 3 is 2.53 bits per heavy atom. The van der Waals surface area contributed by atoms with Gasteiger partial charge in [0, 0.05) is 6.61 Å². The second-order valence-electron chi connectivity index (χ2n) is 3.35.